The van der Waals surface area contributed by atoms with Crippen LogP contribution in [0.1, 0.15) is 50.2 Å². The molecule has 2 N–H and O–H groups in total. The molecular weight excluding hydrogens is 253 g/mol. The van der Waals surface area contributed by atoms with E-state index in [0.717, 1.165) is 18.4 Å². The summed E-state index contributed by atoms with van der Waals surface area (Å²) in [5.74, 6) is 0.582. The van der Waals surface area contributed by atoms with E-state index in [1.165, 1.54) is 38.4 Å². The highest BCUT2D eigenvalue weighted by molar-refractivity contribution is 5.45. The zero-order valence-corrected chi connectivity index (χ0v) is 12.4. The molecule has 0 spiro atoms. The zero-order chi connectivity index (χ0) is 14.3. The monoisotopic (exact) mass is 277 g/mol. The van der Waals surface area contributed by atoms with Crippen LogP contribution in [0, 0.1) is 11.7 Å². The smallest absolute Gasteiger partial charge is 0.165 e. The van der Waals surface area contributed by atoms with E-state index in [1.807, 2.05) is 6.07 Å². The summed E-state index contributed by atoms with van der Waals surface area (Å²) < 4.78 is 19.2. The van der Waals surface area contributed by atoms with Gasteiger partial charge < -0.3 is 10.5 Å². The van der Waals surface area contributed by atoms with Crippen molar-refractivity contribution in [1.29, 1.82) is 0 Å². The van der Waals surface area contributed by atoms with Crippen molar-refractivity contribution in [3.63, 3.8) is 0 Å². The highest BCUT2D eigenvalue weighted by Crippen LogP contribution is 2.46. The Morgan fingerprint density at radius 2 is 2.10 bits per heavy atom. The lowest BCUT2D eigenvalue weighted by Gasteiger charge is -2.47. The third kappa shape index (κ3) is 2.03. The van der Waals surface area contributed by atoms with E-state index in [9.17, 15) is 4.39 Å². The SMILES string of the molecule is COc1cc2c(cc1F)CC1CCCCCC2(C)C1N. The van der Waals surface area contributed by atoms with Crippen LogP contribution in [0.3, 0.4) is 0 Å². The first-order valence-electron chi connectivity index (χ1n) is 7.69. The van der Waals surface area contributed by atoms with Gasteiger partial charge in [0.25, 0.3) is 0 Å². The minimum atomic E-state index is -0.250. The first-order chi connectivity index (χ1) is 9.56. The summed E-state index contributed by atoms with van der Waals surface area (Å²) in [6.45, 7) is 2.26. The molecule has 2 nitrogen and oxygen atoms in total. The van der Waals surface area contributed by atoms with Crippen LogP contribution in [-0.2, 0) is 11.8 Å². The Labute approximate surface area is 120 Å². The third-order valence-corrected chi connectivity index (χ3v) is 5.49. The van der Waals surface area contributed by atoms with Crippen molar-refractivity contribution in [3.8, 4) is 5.75 Å². The number of fused-ring (bicyclic) bond motifs is 4. The molecule has 0 radical (unpaired) electrons. The summed E-state index contributed by atoms with van der Waals surface area (Å²) in [5.41, 5.74) is 8.90. The minimum absolute atomic E-state index is 0.0420. The Balaban J connectivity index is 2.13. The number of nitrogens with two attached hydrogens (primary N) is 1. The van der Waals surface area contributed by atoms with Crippen LogP contribution >= 0.6 is 0 Å². The maximum atomic E-state index is 14.0. The molecule has 0 saturated heterocycles. The first-order valence-corrected chi connectivity index (χ1v) is 7.69. The fourth-order valence-corrected chi connectivity index (χ4v) is 4.22. The van der Waals surface area contributed by atoms with Gasteiger partial charge in [-0.25, -0.2) is 4.39 Å². The summed E-state index contributed by atoms with van der Waals surface area (Å²) in [6, 6.07) is 3.74. The molecule has 3 unspecified atom stereocenters. The van der Waals surface area contributed by atoms with Gasteiger partial charge in [0.15, 0.2) is 11.6 Å². The predicted octanol–water partition coefficient (Wildman–Crippen LogP) is 3.56. The third-order valence-electron chi connectivity index (χ3n) is 5.49. The molecule has 20 heavy (non-hydrogen) atoms. The summed E-state index contributed by atoms with van der Waals surface area (Å²) >= 11 is 0. The molecule has 0 heterocycles. The van der Waals surface area contributed by atoms with Crippen molar-refractivity contribution in [2.24, 2.45) is 11.7 Å². The maximum Gasteiger partial charge on any atom is 0.165 e. The number of ether oxygens (including phenoxy) is 1. The highest BCUT2D eigenvalue weighted by atomic mass is 19.1. The second kappa shape index (κ2) is 5.03. The second-order valence-electron chi connectivity index (χ2n) is 6.65. The van der Waals surface area contributed by atoms with Gasteiger partial charge in [-0.1, -0.05) is 26.2 Å². The average Bonchev–Trinajstić information content (AvgIpc) is 2.43. The maximum absolute atomic E-state index is 14.0. The van der Waals surface area contributed by atoms with Crippen molar-refractivity contribution in [1.82, 2.24) is 0 Å². The van der Waals surface area contributed by atoms with Crippen molar-refractivity contribution in [2.45, 2.75) is 56.9 Å². The lowest BCUT2D eigenvalue weighted by atomic mass is 9.60. The Morgan fingerprint density at radius 3 is 2.85 bits per heavy atom. The standard InChI is InChI=1S/C17H24FNO/c1-17-7-5-3-4-6-11(16(17)19)8-12-9-14(18)15(20-2)10-13(12)17/h9-11,16H,3-8,19H2,1-2H3. The van der Waals surface area contributed by atoms with Crippen LogP contribution in [0.4, 0.5) is 4.39 Å². The molecule has 110 valence electrons. The number of hydrogen-bond donors (Lipinski definition) is 1. The quantitative estimate of drug-likeness (QED) is 0.852. The van der Waals surface area contributed by atoms with Crippen LogP contribution in [0.25, 0.3) is 0 Å². The highest BCUT2D eigenvalue weighted by Gasteiger charge is 2.44. The average molecular weight is 277 g/mol. The van der Waals surface area contributed by atoms with Gasteiger partial charge in [0.1, 0.15) is 0 Å². The first kappa shape index (κ1) is 13.9. The van der Waals surface area contributed by atoms with Gasteiger partial charge in [-0.05, 0) is 48.4 Å². The van der Waals surface area contributed by atoms with E-state index in [1.54, 1.807) is 6.07 Å². The Kier molecular flexibility index (Phi) is 3.49. The van der Waals surface area contributed by atoms with E-state index in [4.69, 9.17) is 10.5 Å². The lowest BCUT2D eigenvalue weighted by molar-refractivity contribution is 0.200. The van der Waals surface area contributed by atoms with E-state index in [2.05, 4.69) is 6.92 Å². The van der Waals surface area contributed by atoms with Crippen LogP contribution in [-0.4, -0.2) is 13.2 Å². The van der Waals surface area contributed by atoms with E-state index in [-0.39, 0.29) is 17.3 Å². The summed E-state index contributed by atoms with van der Waals surface area (Å²) in [5, 5.41) is 0. The van der Waals surface area contributed by atoms with E-state index >= 15 is 0 Å². The number of rotatable bonds is 1. The van der Waals surface area contributed by atoms with Gasteiger partial charge in [0.2, 0.25) is 0 Å². The number of methoxy groups -OCH3 is 1. The molecule has 3 heteroatoms. The Morgan fingerprint density at radius 1 is 1.30 bits per heavy atom. The largest absolute Gasteiger partial charge is 0.494 e. The number of hydrogen-bond acceptors (Lipinski definition) is 2. The van der Waals surface area contributed by atoms with Gasteiger partial charge in [0, 0.05) is 11.5 Å². The molecule has 0 aliphatic heterocycles. The lowest BCUT2D eigenvalue weighted by Crippen LogP contribution is -2.52. The van der Waals surface area contributed by atoms with Crippen LogP contribution < -0.4 is 10.5 Å². The molecule has 2 bridgehead atoms. The number of halogens is 1. The molecule has 2 aliphatic carbocycles. The molecule has 3 atom stereocenters. The fraction of sp³-hybridized carbons (Fsp3) is 0.647. The van der Waals surface area contributed by atoms with Crippen molar-refractivity contribution in [2.75, 3.05) is 7.11 Å². The van der Waals surface area contributed by atoms with E-state index < -0.39 is 0 Å². The minimum Gasteiger partial charge on any atom is -0.494 e. The molecule has 0 aromatic heterocycles. The molecule has 1 saturated carbocycles. The van der Waals surface area contributed by atoms with Gasteiger partial charge in [0.05, 0.1) is 7.11 Å². The summed E-state index contributed by atoms with van der Waals surface area (Å²) in [6.07, 6.45) is 6.91. The van der Waals surface area contributed by atoms with Crippen molar-refractivity contribution >= 4 is 0 Å². The topological polar surface area (TPSA) is 35.2 Å². The Bertz CT molecular complexity index is 516. The van der Waals surface area contributed by atoms with Crippen LogP contribution in [0.2, 0.25) is 0 Å². The van der Waals surface area contributed by atoms with Gasteiger partial charge in [-0.3, -0.25) is 0 Å². The van der Waals surface area contributed by atoms with Crippen LogP contribution in [0.5, 0.6) is 5.75 Å². The normalized spacial score (nSPS) is 33.0. The second-order valence-corrected chi connectivity index (χ2v) is 6.65. The molecule has 3 rings (SSSR count). The molecule has 1 aromatic rings. The predicted molar refractivity (Wildman–Crippen MR) is 78.6 cm³/mol. The van der Waals surface area contributed by atoms with Gasteiger partial charge >= 0.3 is 0 Å². The zero-order valence-electron chi connectivity index (χ0n) is 12.4. The van der Waals surface area contributed by atoms with Crippen molar-refractivity contribution in [3.05, 3.63) is 29.1 Å². The molecule has 2 aliphatic rings. The molecule has 0 amide bonds. The van der Waals surface area contributed by atoms with Crippen LogP contribution in [0.15, 0.2) is 12.1 Å². The van der Waals surface area contributed by atoms with Gasteiger partial charge in [-0.15, -0.1) is 0 Å². The number of benzene rings is 1. The molecule has 1 fully saturated rings. The van der Waals surface area contributed by atoms with E-state index in [0.29, 0.717) is 11.7 Å². The van der Waals surface area contributed by atoms with Crippen molar-refractivity contribution < 1.29 is 9.13 Å². The van der Waals surface area contributed by atoms with Gasteiger partial charge in [-0.2, -0.15) is 0 Å². The fourth-order valence-electron chi connectivity index (χ4n) is 4.22. The summed E-state index contributed by atoms with van der Waals surface area (Å²) in [7, 11) is 1.52. The molecule has 1 aromatic carbocycles. The Hall–Kier alpha value is -1.09. The summed E-state index contributed by atoms with van der Waals surface area (Å²) in [4.78, 5) is 0. The molecular formula is C17H24FNO.